The van der Waals surface area contributed by atoms with E-state index in [9.17, 15) is 9.59 Å². The van der Waals surface area contributed by atoms with Gasteiger partial charge in [0, 0.05) is 42.2 Å². The Morgan fingerprint density at radius 2 is 1.56 bits per heavy atom. The molecule has 0 spiro atoms. The zero-order valence-electron chi connectivity index (χ0n) is 16.3. The van der Waals surface area contributed by atoms with Crippen LogP contribution >= 0.6 is 0 Å². The van der Waals surface area contributed by atoms with Crippen molar-refractivity contribution < 1.29 is 9.59 Å². The molecule has 3 N–H and O–H groups in total. The molecule has 3 atom stereocenters. The number of hydrogen-bond donors (Lipinski definition) is 3. The fourth-order valence-corrected chi connectivity index (χ4v) is 3.91. The topological polar surface area (TPSA) is 70.2 Å². The van der Waals surface area contributed by atoms with E-state index in [-0.39, 0.29) is 11.6 Å². The van der Waals surface area contributed by atoms with Crippen LogP contribution in [0.15, 0.2) is 47.8 Å². The van der Waals surface area contributed by atoms with Crippen molar-refractivity contribution in [2.75, 3.05) is 20.1 Å². The normalized spacial score (nSPS) is 22.3. The summed E-state index contributed by atoms with van der Waals surface area (Å²) in [5.74, 6) is -0.910. The molecule has 1 aromatic carbocycles. The summed E-state index contributed by atoms with van der Waals surface area (Å²) in [6.07, 6.45) is 5.92. The van der Waals surface area contributed by atoms with Gasteiger partial charge in [-0.25, -0.2) is 0 Å². The second-order valence-electron chi connectivity index (χ2n) is 7.29. The Labute approximate surface area is 161 Å². The maximum absolute atomic E-state index is 13.2. The Balaban J connectivity index is 1.80. The highest BCUT2D eigenvalue weighted by molar-refractivity contribution is 6.18. The molecule has 144 valence electrons. The van der Waals surface area contributed by atoms with Crippen LogP contribution in [0.25, 0.3) is 0 Å². The predicted octanol–water partition coefficient (Wildman–Crippen LogP) is 2.67. The zero-order chi connectivity index (χ0) is 19.4. The van der Waals surface area contributed by atoms with E-state index in [1.54, 1.807) is 19.2 Å². The van der Waals surface area contributed by atoms with Gasteiger partial charge in [0.25, 0.3) is 0 Å². The van der Waals surface area contributed by atoms with Gasteiger partial charge in [-0.3, -0.25) is 9.59 Å². The van der Waals surface area contributed by atoms with Crippen LogP contribution in [0.4, 0.5) is 0 Å². The lowest BCUT2D eigenvalue weighted by molar-refractivity contribution is 0.0776. The van der Waals surface area contributed by atoms with Gasteiger partial charge >= 0.3 is 0 Å². The Kier molecular flexibility index (Phi) is 6.11. The summed E-state index contributed by atoms with van der Waals surface area (Å²) in [4.78, 5) is 26.3. The number of carbonyl (C=O) groups is 2. The van der Waals surface area contributed by atoms with E-state index >= 15 is 0 Å². The van der Waals surface area contributed by atoms with Gasteiger partial charge in [-0.15, -0.1) is 0 Å². The smallest absolute Gasteiger partial charge is 0.173 e. The molecule has 0 bridgehead atoms. The van der Waals surface area contributed by atoms with Gasteiger partial charge in [-0.1, -0.05) is 31.2 Å². The molecular weight excluding hydrogens is 338 g/mol. The van der Waals surface area contributed by atoms with Gasteiger partial charge in [0.15, 0.2) is 11.6 Å². The summed E-state index contributed by atoms with van der Waals surface area (Å²) in [5.41, 5.74) is 2.71. The number of benzene rings is 1. The van der Waals surface area contributed by atoms with Crippen molar-refractivity contribution in [3.8, 4) is 0 Å². The first-order valence-electron chi connectivity index (χ1n) is 9.82. The monoisotopic (exact) mass is 367 g/mol. The van der Waals surface area contributed by atoms with Gasteiger partial charge in [-0.05, 0) is 38.5 Å². The summed E-state index contributed by atoms with van der Waals surface area (Å²) >= 11 is 0. The number of nitrogens with one attached hydrogen (secondary N) is 3. The number of rotatable bonds is 8. The number of Topliss-reactive ketones (excluding diaryl/α,β-unsaturated/α-hetero) is 2. The SMILES string of the molecule is CCCNC(C)CCNC1=CC=C(NC)C2C(=O)c3ccccc3C(=O)C12. The van der Waals surface area contributed by atoms with Crippen LogP contribution in [0.1, 0.15) is 47.4 Å². The molecule has 27 heavy (non-hydrogen) atoms. The largest absolute Gasteiger partial charge is 0.391 e. The van der Waals surface area contributed by atoms with Crippen molar-refractivity contribution in [1.82, 2.24) is 16.0 Å². The highest BCUT2D eigenvalue weighted by Crippen LogP contribution is 2.39. The van der Waals surface area contributed by atoms with Crippen LogP contribution < -0.4 is 16.0 Å². The number of fused-ring (bicyclic) bond motifs is 2. The van der Waals surface area contributed by atoms with E-state index in [4.69, 9.17) is 0 Å². The molecule has 0 amide bonds. The first-order valence-corrected chi connectivity index (χ1v) is 9.82. The lowest BCUT2D eigenvalue weighted by Gasteiger charge is -2.36. The molecule has 0 aromatic heterocycles. The lowest BCUT2D eigenvalue weighted by atomic mass is 9.69. The van der Waals surface area contributed by atoms with Crippen molar-refractivity contribution in [1.29, 1.82) is 0 Å². The maximum Gasteiger partial charge on any atom is 0.173 e. The quantitative estimate of drug-likeness (QED) is 0.659. The number of allylic oxidation sites excluding steroid dienone is 4. The standard InChI is InChI=1S/C22H29N3O2/c1-4-12-24-14(2)11-13-25-18-10-9-17(23-3)19-20(18)22(27)16-8-6-5-7-15(16)21(19)26/h5-10,14,19-20,23-25H,4,11-13H2,1-3H3. The predicted molar refractivity (Wildman–Crippen MR) is 108 cm³/mol. The first kappa shape index (κ1) is 19.4. The molecule has 0 aliphatic heterocycles. The van der Waals surface area contributed by atoms with E-state index < -0.39 is 11.8 Å². The summed E-state index contributed by atoms with van der Waals surface area (Å²) in [7, 11) is 1.80. The minimum absolute atomic E-state index is 0.0150. The van der Waals surface area contributed by atoms with Crippen LogP contribution in [0.3, 0.4) is 0 Å². The molecule has 0 fully saturated rings. The fraction of sp³-hybridized carbons (Fsp3) is 0.455. The minimum Gasteiger partial charge on any atom is -0.391 e. The summed E-state index contributed by atoms with van der Waals surface area (Å²) < 4.78 is 0. The van der Waals surface area contributed by atoms with Gasteiger partial charge in [0.1, 0.15) is 0 Å². The van der Waals surface area contributed by atoms with Crippen LogP contribution in [-0.4, -0.2) is 37.7 Å². The number of carbonyl (C=O) groups excluding carboxylic acids is 2. The molecule has 5 heteroatoms. The van der Waals surface area contributed by atoms with E-state index in [1.807, 2.05) is 24.3 Å². The Morgan fingerprint density at radius 1 is 0.963 bits per heavy atom. The molecule has 0 saturated carbocycles. The van der Waals surface area contributed by atoms with Crippen molar-refractivity contribution in [3.63, 3.8) is 0 Å². The van der Waals surface area contributed by atoms with Crippen LogP contribution in [-0.2, 0) is 0 Å². The first-order chi connectivity index (χ1) is 13.1. The average molecular weight is 367 g/mol. The molecule has 0 radical (unpaired) electrons. The van der Waals surface area contributed by atoms with Crippen LogP contribution in [0.2, 0.25) is 0 Å². The van der Waals surface area contributed by atoms with Crippen LogP contribution in [0, 0.1) is 11.8 Å². The Bertz CT molecular complexity index is 782. The molecule has 0 heterocycles. The summed E-state index contributed by atoms with van der Waals surface area (Å²) in [6.45, 7) is 6.09. The molecule has 3 rings (SSSR count). The minimum atomic E-state index is -0.473. The molecule has 0 saturated heterocycles. The number of ketones is 2. The summed E-state index contributed by atoms with van der Waals surface area (Å²) in [5, 5.41) is 10.0. The zero-order valence-corrected chi connectivity index (χ0v) is 16.3. The van der Waals surface area contributed by atoms with Crippen LogP contribution in [0.5, 0.6) is 0 Å². The fourth-order valence-electron chi connectivity index (χ4n) is 3.91. The molecule has 5 nitrogen and oxygen atoms in total. The van der Waals surface area contributed by atoms with E-state index in [2.05, 4.69) is 29.8 Å². The van der Waals surface area contributed by atoms with Crippen molar-refractivity contribution in [3.05, 3.63) is 58.9 Å². The van der Waals surface area contributed by atoms with Gasteiger partial charge < -0.3 is 16.0 Å². The molecule has 3 unspecified atom stereocenters. The molecule has 2 aliphatic carbocycles. The Hall–Kier alpha value is -2.40. The van der Waals surface area contributed by atoms with Gasteiger partial charge in [0.2, 0.25) is 0 Å². The number of hydrogen-bond acceptors (Lipinski definition) is 5. The van der Waals surface area contributed by atoms with Crippen molar-refractivity contribution in [2.45, 2.75) is 32.7 Å². The van der Waals surface area contributed by atoms with E-state index in [0.29, 0.717) is 17.2 Å². The van der Waals surface area contributed by atoms with E-state index in [1.165, 1.54) is 0 Å². The van der Waals surface area contributed by atoms with Crippen molar-refractivity contribution >= 4 is 11.6 Å². The third-order valence-corrected chi connectivity index (χ3v) is 5.41. The highest BCUT2D eigenvalue weighted by Gasteiger charge is 2.46. The van der Waals surface area contributed by atoms with Gasteiger partial charge in [0.05, 0.1) is 11.8 Å². The molecule has 2 aliphatic rings. The Morgan fingerprint density at radius 3 is 2.15 bits per heavy atom. The molecular formula is C22H29N3O2. The third kappa shape index (κ3) is 3.83. The average Bonchev–Trinajstić information content (AvgIpc) is 2.70. The summed E-state index contributed by atoms with van der Waals surface area (Å²) in [6, 6.07) is 7.56. The lowest BCUT2D eigenvalue weighted by Crippen LogP contribution is -2.45. The van der Waals surface area contributed by atoms with E-state index in [0.717, 1.165) is 37.3 Å². The highest BCUT2D eigenvalue weighted by atomic mass is 16.1. The van der Waals surface area contributed by atoms with Crippen molar-refractivity contribution in [2.24, 2.45) is 11.8 Å². The van der Waals surface area contributed by atoms with Gasteiger partial charge in [-0.2, -0.15) is 0 Å². The maximum atomic E-state index is 13.2. The third-order valence-electron chi connectivity index (χ3n) is 5.41. The molecule has 1 aromatic rings. The second-order valence-corrected chi connectivity index (χ2v) is 7.29. The second kappa shape index (κ2) is 8.53.